The zero-order chi connectivity index (χ0) is 24.1. The Morgan fingerprint density at radius 1 is 1.00 bits per heavy atom. The lowest BCUT2D eigenvalue weighted by Crippen LogP contribution is -2.53. The molecular weight excluding hydrogens is 502 g/mol. The fourth-order valence-corrected chi connectivity index (χ4v) is 3.85. The summed E-state index contributed by atoms with van der Waals surface area (Å²) < 4.78 is 11.6. The van der Waals surface area contributed by atoms with Gasteiger partial charge in [0.1, 0.15) is 17.5 Å². The number of halogens is 1. The minimum atomic E-state index is -1.03. The van der Waals surface area contributed by atoms with Gasteiger partial charge < -0.3 is 20.1 Å². The van der Waals surface area contributed by atoms with Gasteiger partial charge in [0.25, 0.3) is 5.91 Å². The Morgan fingerprint density at radius 2 is 1.68 bits per heavy atom. The van der Waals surface area contributed by atoms with Crippen molar-refractivity contribution in [2.75, 3.05) is 29.3 Å². The van der Waals surface area contributed by atoms with Crippen molar-refractivity contribution in [2.24, 2.45) is 0 Å². The number of nitrogens with zero attached hydrogens (tertiary/aromatic N) is 1. The van der Waals surface area contributed by atoms with Gasteiger partial charge in [-0.1, -0.05) is 28.1 Å². The van der Waals surface area contributed by atoms with E-state index in [4.69, 9.17) is 9.47 Å². The van der Waals surface area contributed by atoms with Gasteiger partial charge in [0.05, 0.1) is 24.9 Å². The molecule has 1 heterocycles. The Morgan fingerprint density at radius 3 is 2.38 bits per heavy atom. The molecule has 0 aromatic heterocycles. The van der Waals surface area contributed by atoms with Gasteiger partial charge in [-0.3, -0.25) is 19.3 Å². The second-order valence-electron chi connectivity index (χ2n) is 7.51. The van der Waals surface area contributed by atoms with Crippen molar-refractivity contribution in [3.63, 3.8) is 0 Å². The Hall–Kier alpha value is -3.85. The van der Waals surface area contributed by atoms with E-state index in [0.717, 1.165) is 4.47 Å². The van der Waals surface area contributed by atoms with Crippen LogP contribution in [0.1, 0.15) is 6.42 Å². The van der Waals surface area contributed by atoms with Crippen LogP contribution in [0.4, 0.5) is 17.1 Å². The van der Waals surface area contributed by atoms with Gasteiger partial charge in [-0.25, -0.2) is 0 Å². The predicted molar refractivity (Wildman–Crippen MR) is 132 cm³/mol. The van der Waals surface area contributed by atoms with Crippen LogP contribution in [0.3, 0.4) is 0 Å². The summed E-state index contributed by atoms with van der Waals surface area (Å²) in [6.07, 6.45) is -0.226. The van der Waals surface area contributed by atoms with Gasteiger partial charge in [-0.05, 0) is 60.7 Å². The summed E-state index contributed by atoms with van der Waals surface area (Å²) in [5.74, 6) is -0.117. The number of hydrogen-bond acceptors (Lipinski definition) is 5. The first-order valence-electron chi connectivity index (χ1n) is 10.5. The molecule has 3 amide bonds. The number of hydrogen-bond donors (Lipinski definition) is 2. The molecule has 0 spiro atoms. The number of anilines is 3. The minimum Gasteiger partial charge on any atom is -0.497 e. The van der Waals surface area contributed by atoms with E-state index in [1.165, 1.54) is 4.90 Å². The molecule has 34 heavy (non-hydrogen) atoms. The summed E-state index contributed by atoms with van der Waals surface area (Å²) in [5, 5.41) is 5.54. The first kappa shape index (κ1) is 23.3. The average Bonchev–Trinajstić information content (AvgIpc) is 2.84. The van der Waals surface area contributed by atoms with E-state index in [0.29, 0.717) is 28.6 Å². The molecule has 2 N–H and O–H groups in total. The van der Waals surface area contributed by atoms with Gasteiger partial charge in [0.2, 0.25) is 11.8 Å². The summed E-state index contributed by atoms with van der Waals surface area (Å²) in [7, 11) is 1.55. The quantitative estimate of drug-likeness (QED) is 0.483. The number of carbonyl (C=O) groups is 3. The molecule has 0 saturated carbocycles. The Bertz CT molecular complexity index is 1200. The zero-order valence-corrected chi connectivity index (χ0v) is 19.9. The lowest BCUT2D eigenvalue weighted by molar-refractivity contribution is -0.127. The highest BCUT2D eigenvalue weighted by Crippen LogP contribution is 2.33. The molecule has 0 bridgehead atoms. The molecule has 8 nitrogen and oxygen atoms in total. The number of para-hydroxylation sites is 2. The van der Waals surface area contributed by atoms with Crippen molar-refractivity contribution in [1.82, 2.24) is 0 Å². The summed E-state index contributed by atoms with van der Waals surface area (Å²) in [6.45, 7) is -0.292. The largest absolute Gasteiger partial charge is 0.497 e. The highest BCUT2D eigenvalue weighted by atomic mass is 79.9. The number of fused-ring (bicyclic) bond motifs is 1. The molecule has 0 radical (unpaired) electrons. The highest BCUT2D eigenvalue weighted by Gasteiger charge is 2.38. The predicted octanol–water partition coefficient (Wildman–Crippen LogP) is 4.22. The van der Waals surface area contributed by atoms with E-state index in [9.17, 15) is 14.4 Å². The molecule has 0 unspecified atom stereocenters. The number of benzene rings is 3. The number of methoxy groups -OCH3 is 1. The normalized spacial score (nSPS) is 14.6. The van der Waals surface area contributed by atoms with Gasteiger partial charge in [-0.15, -0.1) is 0 Å². The maximum Gasteiger partial charge on any atom is 0.265 e. The second-order valence-corrected chi connectivity index (χ2v) is 8.43. The van der Waals surface area contributed by atoms with Gasteiger partial charge in [-0.2, -0.15) is 0 Å². The van der Waals surface area contributed by atoms with Gasteiger partial charge >= 0.3 is 0 Å². The topological polar surface area (TPSA) is 97.0 Å². The van der Waals surface area contributed by atoms with Crippen molar-refractivity contribution in [3.05, 3.63) is 77.3 Å². The van der Waals surface area contributed by atoms with Gasteiger partial charge in [0.15, 0.2) is 6.61 Å². The van der Waals surface area contributed by atoms with Crippen LogP contribution in [0.2, 0.25) is 0 Å². The monoisotopic (exact) mass is 523 g/mol. The van der Waals surface area contributed by atoms with Crippen LogP contribution < -0.4 is 25.0 Å². The molecule has 0 aliphatic carbocycles. The molecule has 1 atom stereocenters. The molecule has 0 saturated heterocycles. The number of amides is 3. The molecule has 1 aliphatic rings. The maximum absolute atomic E-state index is 13.2. The van der Waals surface area contributed by atoms with Crippen LogP contribution in [-0.4, -0.2) is 37.5 Å². The van der Waals surface area contributed by atoms with Crippen LogP contribution in [0.15, 0.2) is 77.3 Å². The molecule has 3 aromatic carbocycles. The van der Waals surface area contributed by atoms with E-state index >= 15 is 0 Å². The zero-order valence-electron chi connectivity index (χ0n) is 18.3. The van der Waals surface area contributed by atoms with E-state index in [2.05, 4.69) is 26.6 Å². The molecule has 174 valence electrons. The SMILES string of the molecule is COc1ccc(NC(=O)C[C@@H]2C(=O)Nc3ccccc3N2C(=O)COc2ccc(Br)cc2)cc1. The van der Waals surface area contributed by atoms with E-state index in [1.54, 1.807) is 79.9 Å². The van der Waals surface area contributed by atoms with Gasteiger partial charge in [0, 0.05) is 10.2 Å². The lowest BCUT2D eigenvalue weighted by atomic mass is 10.0. The second kappa shape index (κ2) is 10.4. The lowest BCUT2D eigenvalue weighted by Gasteiger charge is -2.36. The highest BCUT2D eigenvalue weighted by molar-refractivity contribution is 9.10. The summed E-state index contributed by atoms with van der Waals surface area (Å²) >= 11 is 3.35. The molecule has 1 aliphatic heterocycles. The van der Waals surface area contributed by atoms with Crippen LogP contribution in [-0.2, 0) is 14.4 Å². The van der Waals surface area contributed by atoms with Crippen molar-refractivity contribution in [1.29, 1.82) is 0 Å². The fourth-order valence-electron chi connectivity index (χ4n) is 3.59. The van der Waals surface area contributed by atoms with E-state index in [1.807, 2.05) is 0 Å². The molecular formula is C25H22BrN3O5. The molecule has 4 rings (SSSR count). The Kier molecular flexibility index (Phi) is 7.12. The summed E-state index contributed by atoms with van der Waals surface area (Å²) in [4.78, 5) is 40.3. The number of ether oxygens (including phenoxy) is 2. The Balaban J connectivity index is 1.52. The summed E-state index contributed by atoms with van der Waals surface area (Å²) in [6, 6.07) is 19.8. The Labute approximate surface area is 205 Å². The first-order valence-corrected chi connectivity index (χ1v) is 11.3. The number of nitrogens with one attached hydrogen (secondary N) is 2. The third kappa shape index (κ3) is 5.37. The minimum absolute atomic E-state index is 0.226. The summed E-state index contributed by atoms with van der Waals surface area (Å²) in [5.41, 5.74) is 1.56. The smallest absolute Gasteiger partial charge is 0.265 e. The maximum atomic E-state index is 13.2. The van der Waals surface area contributed by atoms with Crippen LogP contribution in [0.5, 0.6) is 11.5 Å². The van der Waals surface area contributed by atoms with Crippen LogP contribution in [0.25, 0.3) is 0 Å². The van der Waals surface area contributed by atoms with Crippen LogP contribution in [0, 0.1) is 0 Å². The fraction of sp³-hybridized carbons (Fsp3) is 0.160. The number of carbonyl (C=O) groups excluding carboxylic acids is 3. The standard InChI is InChI=1S/C25H22BrN3O5/c1-33-18-12-8-17(9-13-18)27-23(30)14-22-25(32)28-20-4-2-3-5-21(20)29(22)24(31)15-34-19-10-6-16(26)7-11-19/h2-13,22H,14-15H2,1H3,(H,27,30)(H,28,32)/t22-/m1/s1. The third-order valence-electron chi connectivity index (χ3n) is 5.23. The molecule has 3 aromatic rings. The van der Waals surface area contributed by atoms with E-state index in [-0.39, 0.29) is 13.0 Å². The van der Waals surface area contributed by atoms with E-state index < -0.39 is 23.8 Å². The van der Waals surface area contributed by atoms with Crippen LogP contribution >= 0.6 is 15.9 Å². The first-order chi connectivity index (χ1) is 16.4. The molecule has 9 heteroatoms. The average molecular weight is 524 g/mol. The number of rotatable bonds is 7. The van der Waals surface area contributed by atoms with Crippen molar-refractivity contribution in [2.45, 2.75) is 12.5 Å². The molecule has 0 fully saturated rings. The van der Waals surface area contributed by atoms with Crippen molar-refractivity contribution in [3.8, 4) is 11.5 Å². The third-order valence-corrected chi connectivity index (χ3v) is 5.76. The van der Waals surface area contributed by atoms with Crippen molar-refractivity contribution >= 4 is 50.7 Å². The van der Waals surface area contributed by atoms with Crippen molar-refractivity contribution < 1.29 is 23.9 Å².